The number of imide groups is 1. The van der Waals surface area contributed by atoms with Gasteiger partial charge >= 0.3 is 0 Å². The number of amides is 2. The number of rotatable bonds is 3. The highest BCUT2D eigenvalue weighted by Gasteiger charge is 2.39. The first-order valence-corrected chi connectivity index (χ1v) is 6.22. The number of benzene rings is 1. The van der Waals surface area contributed by atoms with Crippen molar-refractivity contribution in [3.8, 4) is 0 Å². The first-order chi connectivity index (χ1) is 8.94. The van der Waals surface area contributed by atoms with Gasteiger partial charge in [-0.25, -0.2) is 0 Å². The Morgan fingerprint density at radius 1 is 1.21 bits per heavy atom. The summed E-state index contributed by atoms with van der Waals surface area (Å²) in [6, 6.07) is 7.22. The van der Waals surface area contributed by atoms with Crippen molar-refractivity contribution in [3.63, 3.8) is 0 Å². The third kappa shape index (κ3) is 2.83. The van der Waals surface area contributed by atoms with Crippen LogP contribution in [0.1, 0.15) is 25.0 Å². The van der Waals surface area contributed by atoms with Gasteiger partial charge in [0.05, 0.1) is 25.2 Å². The third-order valence-electron chi connectivity index (χ3n) is 3.31. The minimum absolute atomic E-state index is 0.0151. The zero-order chi connectivity index (χ0) is 14.0. The largest absolute Gasteiger partial charge is 0.392 e. The van der Waals surface area contributed by atoms with Crippen LogP contribution in [0.3, 0.4) is 0 Å². The van der Waals surface area contributed by atoms with E-state index < -0.39 is 5.54 Å². The monoisotopic (exact) mass is 262 g/mol. The summed E-state index contributed by atoms with van der Waals surface area (Å²) >= 11 is 0. The molecule has 2 N–H and O–H groups in total. The summed E-state index contributed by atoms with van der Waals surface area (Å²) in [7, 11) is 0. The van der Waals surface area contributed by atoms with E-state index in [1.807, 2.05) is 12.1 Å². The van der Waals surface area contributed by atoms with Crippen LogP contribution in [0.15, 0.2) is 24.3 Å². The van der Waals surface area contributed by atoms with E-state index in [9.17, 15) is 9.59 Å². The molecule has 1 aliphatic heterocycles. The average molecular weight is 262 g/mol. The molecule has 1 heterocycles. The fourth-order valence-corrected chi connectivity index (χ4v) is 2.01. The molecule has 0 spiro atoms. The first-order valence-electron chi connectivity index (χ1n) is 6.22. The van der Waals surface area contributed by atoms with Gasteiger partial charge in [-0.2, -0.15) is 0 Å². The SMILES string of the molecule is CC1(C)NCC(=O)N(Cc2ccc(CO)cc2)C1=O. The topological polar surface area (TPSA) is 69.6 Å². The Morgan fingerprint density at radius 3 is 2.37 bits per heavy atom. The van der Waals surface area contributed by atoms with Crippen LogP contribution >= 0.6 is 0 Å². The standard InChI is InChI=1S/C14H18N2O3/c1-14(2)13(19)16(12(18)7-15-14)8-10-3-5-11(9-17)6-4-10/h3-6,15,17H,7-9H2,1-2H3. The zero-order valence-electron chi connectivity index (χ0n) is 11.1. The van der Waals surface area contributed by atoms with Crippen molar-refractivity contribution < 1.29 is 14.7 Å². The van der Waals surface area contributed by atoms with E-state index in [1.54, 1.807) is 26.0 Å². The fraction of sp³-hybridized carbons (Fsp3) is 0.429. The number of aliphatic hydroxyl groups excluding tert-OH is 1. The van der Waals surface area contributed by atoms with Crippen molar-refractivity contribution in [2.75, 3.05) is 6.54 Å². The number of carbonyl (C=O) groups excluding carboxylic acids is 2. The molecule has 1 aromatic rings. The number of carbonyl (C=O) groups is 2. The predicted molar refractivity (Wildman–Crippen MR) is 70.0 cm³/mol. The Kier molecular flexibility index (Phi) is 3.68. The summed E-state index contributed by atoms with van der Waals surface area (Å²) in [4.78, 5) is 25.3. The van der Waals surface area contributed by atoms with Gasteiger partial charge < -0.3 is 5.11 Å². The molecule has 2 rings (SSSR count). The maximum Gasteiger partial charge on any atom is 0.249 e. The Hall–Kier alpha value is -1.72. The van der Waals surface area contributed by atoms with Crippen LogP contribution in [0.4, 0.5) is 0 Å². The number of aliphatic hydroxyl groups is 1. The van der Waals surface area contributed by atoms with Gasteiger partial charge in [0, 0.05) is 0 Å². The zero-order valence-corrected chi connectivity index (χ0v) is 11.1. The summed E-state index contributed by atoms with van der Waals surface area (Å²) in [5, 5.41) is 11.9. The molecule has 0 bridgehead atoms. The van der Waals surface area contributed by atoms with E-state index in [-0.39, 0.29) is 31.5 Å². The first kappa shape index (κ1) is 13.7. The molecule has 1 aromatic carbocycles. The molecule has 102 valence electrons. The molecule has 0 atom stereocenters. The van der Waals surface area contributed by atoms with Crippen molar-refractivity contribution in [1.29, 1.82) is 0 Å². The van der Waals surface area contributed by atoms with Gasteiger partial charge in [0.1, 0.15) is 0 Å². The van der Waals surface area contributed by atoms with Gasteiger partial charge in [0.2, 0.25) is 11.8 Å². The van der Waals surface area contributed by atoms with Gasteiger partial charge in [-0.15, -0.1) is 0 Å². The predicted octanol–water partition coefficient (Wildman–Crippen LogP) is 0.416. The highest BCUT2D eigenvalue weighted by molar-refractivity contribution is 6.02. The number of nitrogens with zero attached hydrogens (tertiary/aromatic N) is 1. The number of piperazine rings is 1. The van der Waals surface area contributed by atoms with Gasteiger partial charge in [0.25, 0.3) is 0 Å². The van der Waals surface area contributed by atoms with Crippen LogP contribution < -0.4 is 5.32 Å². The molecule has 0 unspecified atom stereocenters. The number of hydrogen-bond acceptors (Lipinski definition) is 4. The highest BCUT2D eigenvalue weighted by Crippen LogP contribution is 2.16. The van der Waals surface area contributed by atoms with Crippen molar-refractivity contribution in [2.45, 2.75) is 32.5 Å². The summed E-state index contributed by atoms with van der Waals surface area (Å²) in [5.74, 6) is -0.425. The molecule has 5 heteroatoms. The van der Waals surface area contributed by atoms with E-state index in [4.69, 9.17) is 5.11 Å². The number of hydrogen-bond donors (Lipinski definition) is 2. The average Bonchev–Trinajstić information content (AvgIpc) is 2.40. The molecule has 1 fully saturated rings. The maximum atomic E-state index is 12.2. The summed E-state index contributed by atoms with van der Waals surface area (Å²) in [5.41, 5.74) is 0.970. The molecule has 5 nitrogen and oxygen atoms in total. The molecule has 0 aliphatic carbocycles. The smallest absolute Gasteiger partial charge is 0.249 e. The minimum atomic E-state index is -0.709. The lowest BCUT2D eigenvalue weighted by Gasteiger charge is -2.36. The van der Waals surface area contributed by atoms with Gasteiger partial charge in [-0.05, 0) is 25.0 Å². The number of nitrogens with one attached hydrogen (secondary N) is 1. The van der Waals surface area contributed by atoms with Crippen LogP contribution in [-0.2, 0) is 22.7 Å². The summed E-state index contributed by atoms with van der Waals surface area (Å²) in [6.07, 6.45) is 0. The molecule has 19 heavy (non-hydrogen) atoms. The van der Waals surface area contributed by atoms with Crippen LogP contribution in [-0.4, -0.2) is 33.9 Å². The van der Waals surface area contributed by atoms with Crippen LogP contribution in [0.25, 0.3) is 0 Å². The van der Waals surface area contributed by atoms with Crippen LogP contribution in [0, 0.1) is 0 Å². The quantitative estimate of drug-likeness (QED) is 0.774. The van der Waals surface area contributed by atoms with Gasteiger partial charge in [-0.3, -0.25) is 19.8 Å². The molecule has 0 radical (unpaired) electrons. The van der Waals surface area contributed by atoms with E-state index >= 15 is 0 Å². The van der Waals surface area contributed by atoms with Gasteiger partial charge in [-0.1, -0.05) is 24.3 Å². The molecule has 0 aromatic heterocycles. The van der Waals surface area contributed by atoms with E-state index in [0.29, 0.717) is 0 Å². The van der Waals surface area contributed by atoms with Gasteiger partial charge in [0.15, 0.2) is 0 Å². The van der Waals surface area contributed by atoms with Crippen molar-refractivity contribution in [2.24, 2.45) is 0 Å². The molecule has 1 aliphatic rings. The molecule has 1 saturated heterocycles. The van der Waals surface area contributed by atoms with E-state index in [2.05, 4.69) is 5.32 Å². The third-order valence-corrected chi connectivity index (χ3v) is 3.31. The van der Waals surface area contributed by atoms with Crippen LogP contribution in [0.5, 0.6) is 0 Å². The van der Waals surface area contributed by atoms with E-state index in [0.717, 1.165) is 11.1 Å². The van der Waals surface area contributed by atoms with Crippen LogP contribution in [0.2, 0.25) is 0 Å². The molecule has 0 saturated carbocycles. The second-order valence-electron chi connectivity index (χ2n) is 5.24. The molecular formula is C14H18N2O3. The minimum Gasteiger partial charge on any atom is -0.392 e. The lowest BCUT2D eigenvalue weighted by atomic mass is 10.00. The van der Waals surface area contributed by atoms with Crippen molar-refractivity contribution >= 4 is 11.8 Å². The maximum absolute atomic E-state index is 12.2. The Bertz CT molecular complexity index is 494. The molecule has 2 amide bonds. The fourth-order valence-electron chi connectivity index (χ4n) is 2.01. The Balaban J connectivity index is 2.15. The lowest BCUT2D eigenvalue weighted by Crippen LogP contribution is -2.63. The summed E-state index contributed by atoms with van der Waals surface area (Å²) in [6.45, 7) is 3.97. The van der Waals surface area contributed by atoms with Crippen molar-refractivity contribution in [3.05, 3.63) is 35.4 Å². The Labute approximate surface area is 112 Å². The van der Waals surface area contributed by atoms with E-state index in [1.165, 1.54) is 4.90 Å². The summed E-state index contributed by atoms with van der Waals surface area (Å²) < 4.78 is 0. The second-order valence-corrected chi connectivity index (χ2v) is 5.24. The normalized spacial score (nSPS) is 18.8. The molecular weight excluding hydrogens is 244 g/mol. The van der Waals surface area contributed by atoms with Crippen molar-refractivity contribution in [1.82, 2.24) is 10.2 Å². The lowest BCUT2D eigenvalue weighted by molar-refractivity contribution is -0.153. The Morgan fingerprint density at radius 2 is 1.79 bits per heavy atom. The highest BCUT2D eigenvalue weighted by atomic mass is 16.3. The second kappa shape index (κ2) is 5.11.